The number of carbonyl (C=O) groups excluding carboxylic acids is 2. The second-order valence-electron chi connectivity index (χ2n) is 8.09. The molecular formula is C26H29N3O7. The summed E-state index contributed by atoms with van der Waals surface area (Å²) in [7, 11) is 0. The molecule has 0 spiro atoms. The van der Waals surface area contributed by atoms with Crippen molar-refractivity contribution in [3.05, 3.63) is 70.8 Å². The maximum Gasteiger partial charge on any atom is 0.343 e. The summed E-state index contributed by atoms with van der Waals surface area (Å²) in [5.74, 6) is -3.71. The fourth-order valence-electron chi connectivity index (χ4n) is 3.75. The molecule has 10 heteroatoms. The summed E-state index contributed by atoms with van der Waals surface area (Å²) in [5.41, 5.74) is 5.09. The second kappa shape index (κ2) is 11.8. The van der Waals surface area contributed by atoms with Gasteiger partial charge in [0.05, 0.1) is 12.0 Å². The molecule has 190 valence electrons. The average Bonchev–Trinajstić information content (AvgIpc) is 2.83. The Bertz CT molecular complexity index is 1190. The van der Waals surface area contributed by atoms with Gasteiger partial charge in [0, 0.05) is 17.7 Å². The number of nitrogens with zero attached hydrogens (tertiary/aromatic N) is 1. The molecule has 0 saturated heterocycles. The zero-order chi connectivity index (χ0) is 27.0. The number of carboxylic acid groups (broad SMARTS) is 2. The molecule has 0 aromatic heterocycles. The highest BCUT2D eigenvalue weighted by molar-refractivity contribution is 6.01. The molecule has 0 saturated carbocycles. The van der Waals surface area contributed by atoms with E-state index in [1.165, 1.54) is 44.2 Å². The van der Waals surface area contributed by atoms with Gasteiger partial charge >= 0.3 is 17.9 Å². The number of amidine groups is 1. The monoisotopic (exact) mass is 495 g/mol. The second-order valence-corrected chi connectivity index (χ2v) is 8.09. The highest BCUT2D eigenvalue weighted by atomic mass is 16.5. The van der Waals surface area contributed by atoms with E-state index in [4.69, 9.17) is 15.9 Å². The van der Waals surface area contributed by atoms with Crippen molar-refractivity contribution in [3.8, 4) is 5.75 Å². The number of nitrogens with one attached hydrogen (secondary N) is 1. The summed E-state index contributed by atoms with van der Waals surface area (Å²) >= 11 is 0. The van der Waals surface area contributed by atoms with E-state index in [1.807, 2.05) is 0 Å². The minimum Gasteiger partial charge on any atom is -0.481 e. The minimum absolute atomic E-state index is 0.00953. The minimum atomic E-state index is -1.87. The van der Waals surface area contributed by atoms with Crippen molar-refractivity contribution in [2.45, 2.75) is 39.2 Å². The fourth-order valence-corrected chi connectivity index (χ4v) is 3.75. The van der Waals surface area contributed by atoms with Gasteiger partial charge in [-0.05, 0) is 68.3 Å². The summed E-state index contributed by atoms with van der Waals surface area (Å²) < 4.78 is 5.31. The van der Waals surface area contributed by atoms with Crippen LogP contribution in [-0.4, -0.2) is 56.8 Å². The van der Waals surface area contributed by atoms with Crippen LogP contribution in [0.3, 0.4) is 0 Å². The standard InChI is InChI=1S/C26H29N3O7/c1-4-26(25(34)35,15-21(30)31)29(5-2)23(32)16(3)14-17-6-8-19(9-7-17)24(33)36-20-12-10-18(11-13-20)22(27)28/h6-14H,4-5,15H2,1-3H3,(H3,27,28)(H,30,31)(H,34,35)/t26-/m0/s1. The molecular weight excluding hydrogens is 466 g/mol. The number of ether oxygens (including phenoxy) is 1. The van der Waals surface area contributed by atoms with Crippen molar-refractivity contribution in [1.29, 1.82) is 5.41 Å². The van der Waals surface area contributed by atoms with Crippen LogP contribution in [0, 0.1) is 5.41 Å². The van der Waals surface area contributed by atoms with Crippen LogP contribution in [0.25, 0.3) is 6.08 Å². The van der Waals surface area contributed by atoms with Crippen molar-refractivity contribution in [2.24, 2.45) is 5.73 Å². The molecule has 1 amide bonds. The first kappa shape index (κ1) is 27.8. The predicted molar refractivity (Wildman–Crippen MR) is 133 cm³/mol. The van der Waals surface area contributed by atoms with Crippen LogP contribution in [0.2, 0.25) is 0 Å². The largest absolute Gasteiger partial charge is 0.481 e. The molecule has 2 aromatic carbocycles. The Morgan fingerprint density at radius 1 is 1.00 bits per heavy atom. The first-order valence-electron chi connectivity index (χ1n) is 11.2. The number of nitrogen functional groups attached to an aromatic ring is 1. The number of aliphatic carboxylic acids is 2. The smallest absolute Gasteiger partial charge is 0.343 e. The van der Waals surface area contributed by atoms with Crippen LogP contribution in [0.4, 0.5) is 0 Å². The molecule has 0 unspecified atom stereocenters. The SMILES string of the molecule is CCN(C(=O)C(C)=Cc1ccc(C(=O)Oc2ccc(C(=N)N)cc2)cc1)[C@@](CC)(CC(=O)O)C(=O)O. The van der Waals surface area contributed by atoms with E-state index >= 15 is 0 Å². The maximum absolute atomic E-state index is 13.1. The third kappa shape index (κ3) is 6.35. The molecule has 0 fully saturated rings. The van der Waals surface area contributed by atoms with Gasteiger partial charge in [0.15, 0.2) is 5.54 Å². The molecule has 5 N–H and O–H groups in total. The molecule has 36 heavy (non-hydrogen) atoms. The zero-order valence-corrected chi connectivity index (χ0v) is 20.3. The Morgan fingerprint density at radius 2 is 1.56 bits per heavy atom. The molecule has 0 heterocycles. The van der Waals surface area contributed by atoms with E-state index in [2.05, 4.69) is 0 Å². The summed E-state index contributed by atoms with van der Waals surface area (Å²) in [6, 6.07) is 12.4. The van der Waals surface area contributed by atoms with Gasteiger partial charge < -0.3 is 25.6 Å². The van der Waals surface area contributed by atoms with Crippen molar-refractivity contribution in [3.63, 3.8) is 0 Å². The van der Waals surface area contributed by atoms with Gasteiger partial charge in [-0.2, -0.15) is 0 Å². The van der Waals surface area contributed by atoms with Crippen LogP contribution in [0.1, 0.15) is 55.1 Å². The van der Waals surface area contributed by atoms with Gasteiger partial charge in [0.1, 0.15) is 11.6 Å². The number of amides is 1. The number of carboxylic acids is 2. The zero-order valence-electron chi connectivity index (χ0n) is 20.3. The van der Waals surface area contributed by atoms with Crippen LogP contribution < -0.4 is 10.5 Å². The molecule has 2 rings (SSSR count). The van der Waals surface area contributed by atoms with Gasteiger partial charge in [-0.1, -0.05) is 19.1 Å². The Labute approximate surface area is 208 Å². The van der Waals surface area contributed by atoms with Gasteiger partial charge in [0.2, 0.25) is 5.91 Å². The van der Waals surface area contributed by atoms with Crippen molar-refractivity contribution < 1.29 is 34.1 Å². The summed E-state index contributed by atoms with van der Waals surface area (Å²) in [6.45, 7) is 4.65. The van der Waals surface area contributed by atoms with Crippen LogP contribution >= 0.6 is 0 Å². The molecule has 0 aliphatic heterocycles. The lowest BCUT2D eigenvalue weighted by atomic mass is 9.88. The number of carbonyl (C=O) groups is 4. The van der Waals surface area contributed by atoms with E-state index < -0.39 is 35.8 Å². The van der Waals surface area contributed by atoms with E-state index in [0.717, 1.165) is 4.90 Å². The molecule has 0 bridgehead atoms. The van der Waals surface area contributed by atoms with E-state index in [-0.39, 0.29) is 35.7 Å². The van der Waals surface area contributed by atoms with Gasteiger partial charge in [0.25, 0.3) is 0 Å². The predicted octanol–water partition coefficient (Wildman–Crippen LogP) is 3.15. The Morgan fingerprint density at radius 3 is 2.00 bits per heavy atom. The molecule has 0 radical (unpaired) electrons. The lowest BCUT2D eigenvalue weighted by Gasteiger charge is -2.38. The average molecular weight is 496 g/mol. The number of rotatable bonds is 11. The topological polar surface area (TPSA) is 171 Å². The summed E-state index contributed by atoms with van der Waals surface area (Å²) in [4.78, 5) is 50.0. The van der Waals surface area contributed by atoms with Crippen molar-refractivity contribution in [1.82, 2.24) is 4.90 Å². The molecule has 2 aromatic rings. The highest BCUT2D eigenvalue weighted by Crippen LogP contribution is 2.27. The van der Waals surface area contributed by atoms with Crippen LogP contribution in [0.5, 0.6) is 5.75 Å². The molecule has 10 nitrogen and oxygen atoms in total. The highest BCUT2D eigenvalue weighted by Gasteiger charge is 2.46. The first-order chi connectivity index (χ1) is 16.9. The molecule has 0 aliphatic carbocycles. The van der Waals surface area contributed by atoms with Crippen LogP contribution in [0.15, 0.2) is 54.1 Å². The third-order valence-corrected chi connectivity index (χ3v) is 5.75. The summed E-state index contributed by atoms with van der Waals surface area (Å²) in [6.07, 6.45) is 0.736. The van der Waals surface area contributed by atoms with E-state index in [1.54, 1.807) is 31.2 Å². The Kier molecular flexibility index (Phi) is 9.09. The summed E-state index contributed by atoms with van der Waals surface area (Å²) in [5, 5.41) is 26.4. The number of benzene rings is 2. The number of likely N-dealkylation sites (N-methyl/N-ethyl adjacent to an activating group) is 1. The van der Waals surface area contributed by atoms with Crippen molar-refractivity contribution >= 4 is 35.7 Å². The van der Waals surface area contributed by atoms with Crippen LogP contribution in [-0.2, 0) is 14.4 Å². The lowest BCUT2D eigenvalue weighted by molar-refractivity contribution is -0.163. The maximum atomic E-state index is 13.1. The number of hydrogen-bond donors (Lipinski definition) is 4. The number of nitrogens with two attached hydrogens (primary N) is 1. The molecule has 1 atom stereocenters. The first-order valence-corrected chi connectivity index (χ1v) is 11.2. The number of esters is 1. The molecule has 0 aliphatic rings. The van der Waals surface area contributed by atoms with E-state index in [0.29, 0.717) is 11.1 Å². The van der Waals surface area contributed by atoms with Gasteiger partial charge in [-0.25, -0.2) is 9.59 Å². The fraction of sp³-hybridized carbons (Fsp3) is 0.269. The normalized spacial score (nSPS) is 12.8. The van der Waals surface area contributed by atoms with Crippen molar-refractivity contribution in [2.75, 3.05) is 6.54 Å². The lowest BCUT2D eigenvalue weighted by Crippen LogP contribution is -2.58. The number of hydrogen-bond acceptors (Lipinski definition) is 6. The van der Waals surface area contributed by atoms with Gasteiger partial charge in [-0.15, -0.1) is 0 Å². The van der Waals surface area contributed by atoms with Gasteiger partial charge in [-0.3, -0.25) is 15.0 Å². The Hall–Kier alpha value is -4.47. The van der Waals surface area contributed by atoms with E-state index in [9.17, 15) is 29.4 Å². The Balaban J connectivity index is 2.21. The third-order valence-electron chi connectivity index (χ3n) is 5.75. The quantitative estimate of drug-likeness (QED) is 0.121.